The van der Waals surface area contributed by atoms with Gasteiger partial charge in [-0.25, -0.2) is 52.7 Å². The standard InChI is InChI=1S/C30H9F21/c1-4(10-16(31)22(37)13(28(43,44)45)23(38)17(10)32)7-8(5(2)11-18(33)24(39)14(29(46,47)48)25(40)19(11)34)9(7)6(3)12-20(35)26(41)15(30(49,50)51)27(42)21(12)36/h1-3H3. The smallest absolute Gasteiger partial charge is 0.203 e. The second kappa shape index (κ2) is 12.3. The number of hydrogen-bond acceptors (Lipinski definition) is 0. The van der Waals surface area contributed by atoms with Crippen LogP contribution in [0.25, 0.3) is 16.7 Å². The van der Waals surface area contributed by atoms with Gasteiger partial charge in [0.25, 0.3) is 0 Å². The predicted molar refractivity (Wildman–Crippen MR) is 132 cm³/mol. The summed E-state index contributed by atoms with van der Waals surface area (Å²) < 4.78 is 295. The molecule has 4 rings (SSSR count). The van der Waals surface area contributed by atoms with Gasteiger partial charge in [-0.05, 0) is 54.2 Å². The van der Waals surface area contributed by atoms with E-state index >= 15 is 0 Å². The molecule has 1 saturated carbocycles. The van der Waals surface area contributed by atoms with Gasteiger partial charge >= 0.3 is 18.5 Å². The zero-order chi connectivity index (χ0) is 39.4. The zero-order valence-corrected chi connectivity index (χ0v) is 24.4. The first kappa shape index (κ1) is 39.2. The van der Waals surface area contributed by atoms with Gasteiger partial charge < -0.3 is 0 Å². The lowest BCUT2D eigenvalue weighted by molar-refractivity contribution is -0.144. The lowest BCUT2D eigenvalue weighted by atomic mass is 9.98. The van der Waals surface area contributed by atoms with E-state index in [1.165, 1.54) is 0 Å². The van der Waals surface area contributed by atoms with Crippen LogP contribution >= 0.6 is 0 Å². The third-order valence-corrected chi connectivity index (χ3v) is 7.58. The minimum atomic E-state index is -6.10. The van der Waals surface area contributed by atoms with Gasteiger partial charge in [0, 0.05) is 0 Å². The van der Waals surface area contributed by atoms with Crippen molar-refractivity contribution < 1.29 is 92.2 Å². The topological polar surface area (TPSA) is 0 Å². The highest BCUT2D eigenvalue weighted by atomic mass is 19.4. The normalized spacial score (nSPS) is 13.8. The van der Waals surface area contributed by atoms with E-state index < -0.39 is 155 Å². The first-order valence-corrected chi connectivity index (χ1v) is 13.0. The molecule has 0 atom stereocenters. The summed E-state index contributed by atoms with van der Waals surface area (Å²) in [4.78, 5) is 0. The molecular formula is C30H9F21. The van der Waals surface area contributed by atoms with Crippen molar-refractivity contribution in [3.05, 3.63) is 120 Å². The predicted octanol–water partition coefficient (Wildman–Crippen LogP) is 12.1. The molecule has 0 unspecified atom stereocenters. The first-order valence-electron chi connectivity index (χ1n) is 13.0. The van der Waals surface area contributed by atoms with E-state index in [4.69, 9.17) is 0 Å². The van der Waals surface area contributed by atoms with Gasteiger partial charge in [-0.1, -0.05) is 0 Å². The van der Waals surface area contributed by atoms with E-state index in [0.29, 0.717) is 20.8 Å². The zero-order valence-electron chi connectivity index (χ0n) is 24.4. The molecule has 0 saturated heterocycles. The Bertz CT molecular complexity index is 1790. The van der Waals surface area contributed by atoms with E-state index in [9.17, 15) is 92.2 Å². The number of rotatable bonds is 3. The molecule has 0 heterocycles. The van der Waals surface area contributed by atoms with Crippen molar-refractivity contribution in [1.29, 1.82) is 0 Å². The summed E-state index contributed by atoms with van der Waals surface area (Å²) in [6.45, 7) is 1.04. The minimum Gasteiger partial charge on any atom is -0.203 e. The van der Waals surface area contributed by atoms with Gasteiger partial charge in [-0.2, -0.15) is 39.5 Å². The van der Waals surface area contributed by atoms with Crippen LogP contribution in [0.5, 0.6) is 0 Å². The largest absolute Gasteiger partial charge is 0.422 e. The second-order valence-electron chi connectivity index (χ2n) is 10.5. The lowest BCUT2D eigenvalue weighted by Gasteiger charge is -2.14. The Labute approximate surface area is 268 Å². The quantitative estimate of drug-likeness (QED) is 0.184. The van der Waals surface area contributed by atoms with Crippen LogP contribution in [0.1, 0.15) is 54.2 Å². The van der Waals surface area contributed by atoms with Crippen LogP contribution in [0.15, 0.2) is 16.7 Å². The third-order valence-electron chi connectivity index (χ3n) is 7.58. The van der Waals surface area contributed by atoms with Crippen molar-refractivity contribution in [2.45, 2.75) is 39.3 Å². The van der Waals surface area contributed by atoms with Crippen molar-refractivity contribution in [3.63, 3.8) is 0 Å². The van der Waals surface area contributed by atoms with Crippen LogP contribution in [0.3, 0.4) is 0 Å². The number of hydrogen-bond donors (Lipinski definition) is 0. The highest BCUT2D eigenvalue weighted by Crippen LogP contribution is 2.58. The average Bonchev–Trinajstić information content (AvgIpc) is 3.72. The first-order chi connectivity index (χ1) is 23.0. The van der Waals surface area contributed by atoms with Crippen molar-refractivity contribution >= 4 is 16.7 Å². The summed E-state index contributed by atoms with van der Waals surface area (Å²) in [7, 11) is 0. The molecule has 1 aliphatic carbocycles. The van der Waals surface area contributed by atoms with Gasteiger partial charge in [0.05, 0.1) is 16.7 Å². The maximum Gasteiger partial charge on any atom is 0.422 e. The van der Waals surface area contributed by atoms with Crippen LogP contribution < -0.4 is 0 Å². The summed E-state index contributed by atoms with van der Waals surface area (Å²) in [5.41, 5.74) is -23.6. The molecule has 0 N–H and O–H groups in total. The van der Waals surface area contributed by atoms with Crippen LogP contribution in [-0.4, -0.2) is 0 Å². The molecule has 0 amide bonds. The molecule has 0 nitrogen and oxygen atoms in total. The van der Waals surface area contributed by atoms with Crippen LogP contribution in [-0.2, 0) is 18.5 Å². The lowest BCUT2D eigenvalue weighted by Crippen LogP contribution is -2.17. The van der Waals surface area contributed by atoms with E-state index in [1.807, 2.05) is 0 Å². The number of allylic oxidation sites excluding steroid dienone is 6. The Morgan fingerprint density at radius 2 is 0.412 bits per heavy atom. The molecule has 3 aromatic rings. The van der Waals surface area contributed by atoms with Gasteiger partial charge in [-0.15, -0.1) is 0 Å². The van der Waals surface area contributed by atoms with Crippen molar-refractivity contribution in [2.75, 3.05) is 0 Å². The highest BCUT2D eigenvalue weighted by Gasteiger charge is 2.48. The van der Waals surface area contributed by atoms with Gasteiger partial charge in [0.2, 0.25) is 0 Å². The molecule has 0 aliphatic heterocycles. The molecule has 0 spiro atoms. The number of halogens is 21. The summed E-state index contributed by atoms with van der Waals surface area (Å²) in [5.74, 6) is -35.9. The fourth-order valence-corrected chi connectivity index (χ4v) is 5.32. The maximum absolute atomic E-state index is 15.0. The summed E-state index contributed by atoms with van der Waals surface area (Å²) >= 11 is 0. The number of alkyl halides is 9. The molecule has 21 heteroatoms. The fraction of sp³-hybridized carbons (Fsp3) is 0.200. The van der Waals surface area contributed by atoms with E-state index in [1.54, 1.807) is 0 Å². The van der Waals surface area contributed by atoms with Gasteiger partial charge in [-0.3, -0.25) is 0 Å². The van der Waals surface area contributed by atoms with E-state index in [2.05, 4.69) is 0 Å². The molecule has 0 bridgehead atoms. The highest BCUT2D eigenvalue weighted by molar-refractivity contribution is 6.05. The number of benzene rings is 3. The summed E-state index contributed by atoms with van der Waals surface area (Å²) in [6.07, 6.45) is -18.3. The monoisotopic (exact) mass is 768 g/mol. The van der Waals surface area contributed by atoms with Gasteiger partial charge in [0.1, 0.15) is 16.7 Å². The minimum absolute atomic E-state index is 0.345. The Kier molecular flexibility index (Phi) is 9.44. The molecule has 3 aromatic carbocycles. The SMILES string of the molecule is CC(=C1C(=C(C)c2c(F)c(F)c(C(F)(F)F)c(F)c2F)C1=C(C)c1c(F)c(F)c(C(F)(F)F)c(F)c1F)c1c(F)c(F)c(C(F)(F)F)c(F)c1F. The third kappa shape index (κ3) is 6.00. The van der Waals surface area contributed by atoms with E-state index in [-0.39, 0.29) is 0 Å². The van der Waals surface area contributed by atoms with Crippen LogP contribution in [0, 0.1) is 69.8 Å². The Balaban J connectivity index is 2.25. The fourth-order valence-electron chi connectivity index (χ4n) is 5.32. The van der Waals surface area contributed by atoms with Crippen molar-refractivity contribution in [1.82, 2.24) is 0 Å². The summed E-state index contributed by atoms with van der Waals surface area (Å²) in [6, 6.07) is 0. The molecule has 51 heavy (non-hydrogen) atoms. The Morgan fingerprint density at radius 3 is 0.529 bits per heavy atom. The molecule has 1 fully saturated rings. The Hall–Kier alpha value is -4.59. The van der Waals surface area contributed by atoms with E-state index in [0.717, 1.165) is 0 Å². The Morgan fingerprint density at radius 1 is 0.275 bits per heavy atom. The van der Waals surface area contributed by atoms with Crippen molar-refractivity contribution in [3.8, 4) is 0 Å². The molecule has 0 aromatic heterocycles. The van der Waals surface area contributed by atoms with Crippen LogP contribution in [0.4, 0.5) is 92.2 Å². The molecule has 1 aliphatic rings. The maximum atomic E-state index is 15.0. The average molecular weight is 768 g/mol. The molecular weight excluding hydrogens is 759 g/mol. The molecule has 276 valence electrons. The second-order valence-corrected chi connectivity index (χ2v) is 10.5. The van der Waals surface area contributed by atoms with Crippen LogP contribution in [0.2, 0.25) is 0 Å². The summed E-state index contributed by atoms with van der Waals surface area (Å²) in [5, 5.41) is 0. The van der Waals surface area contributed by atoms with Gasteiger partial charge in [0.15, 0.2) is 69.8 Å². The molecule has 0 radical (unpaired) electrons. The van der Waals surface area contributed by atoms with Crippen molar-refractivity contribution in [2.24, 2.45) is 0 Å².